The molecular weight excluding hydrogens is 216 g/mol. The van der Waals surface area contributed by atoms with Crippen LogP contribution in [0.5, 0.6) is 0 Å². The van der Waals surface area contributed by atoms with Crippen molar-refractivity contribution in [3.63, 3.8) is 0 Å². The first-order chi connectivity index (χ1) is 8.08. The van der Waals surface area contributed by atoms with E-state index in [1.54, 1.807) is 0 Å². The number of aliphatic hydroxyl groups excluding tert-OH is 1. The van der Waals surface area contributed by atoms with Gasteiger partial charge in [-0.05, 0) is 25.3 Å². The highest BCUT2D eigenvalue weighted by atomic mass is 16.3. The molecule has 2 atom stereocenters. The van der Waals surface area contributed by atoms with Gasteiger partial charge in [0, 0.05) is 18.5 Å². The molecule has 0 aromatic carbocycles. The van der Waals surface area contributed by atoms with Gasteiger partial charge in [-0.25, -0.2) is 0 Å². The van der Waals surface area contributed by atoms with E-state index in [4.69, 9.17) is 0 Å². The lowest BCUT2D eigenvalue weighted by molar-refractivity contribution is -0.126. The summed E-state index contributed by atoms with van der Waals surface area (Å²) in [6, 6.07) is 0. The summed E-state index contributed by atoms with van der Waals surface area (Å²) >= 11 is 0. The fourth-order valence-electron chi connectivity index (χ4n) is 2.35. The molecule has 1 amide bonds. The van der Waals surface area contributed by atoms with Gasteiger partial charge in [0.15, 0.2) is 0 Å². The lowest BCUT2D eigenvalue weighted by Gasteiger charge is -2.30. The summed E-state index contributed by atoms with van der Waals surface area (Å²) in [5, 5.41) is 15.7. The Balaban J connectivity index is 2.46. The van der Waals surface area contributed by atoms with Crippen molar-refractivity contribution in [3.8, 4) is 0 Å². The average molecular weight is 242 g/mol. The second-order valence-corrected chi connectivity index (χ2v) is 5.33. The largest absolute Gasteiger partial charge is 0.396 e. The lowest BCUT2D eigenvalue weighted by Crippen LogP contribution is -2.43. The predicted octanol–water partition coefficient (Wildman–Crippen LogP) is 0.757. The van der Waals surface area contributed by atoms with Crippen LogP contribution < -0.4 is 10.6 Å². The number of rotatable bonds is 6. The molecule has 0 spiro atoms. The maximum atomic E-state index is 12.0. The summed E-state index contributed by atoms with van der Waals surface area (Å²) in [7, 11) is 0. The van der Waals surface area contributed by atoms with Crippen LogP contribution in [0.25, 0.3) is 0 Å². The van der Waals surface area contributed by atoms with Crippen LogP contribution >= 0.6 is 0 Å². The van der Waals surface area contributed by atoms with E-state index >= 15 is 0 Å². The van der Waals surface area contributed by atoms with E-state index in [9.17, 15) is 9.90 Å². The summed E-state index contributed by atoms with van der Waals surface area (Å²) in [5.41, 5.74) is -0.148. The molecule has 1 saturated heterocycles. The Morgan fingerprint density at radius 2 is 2.06 bits per heavy atom. The van der Waals surface area contributed by atoms with Crippen molar-refractivity contribution in [2.45, 2.75) is 33.6 Å². The molecule has 3 N–H and O–H groups in total. The summed E-state index contributed by atoms with van der Waals surface area (Å²) < 4.78 is 0. The zero-order chi connectivity index (χ0) is 12.9. The Morgan fingerprint density at radius 1 is 1.41 bits per heavy atom. The summed E-state index contributed by atoms with van der Waals surface area (Å²) in [6.07, 6.45) is 1.78. The molecule has 1 fully saturated rings. The number of carbonyl (C=O) groups is 1. The maximum Gasteiger partial charge on any atom is 0.224 e. The van der Waals surface area contributed by atoms with E-state index in [0.29, 0.717) is 12.5 Å². The molecule has 4 heteroatoms. The molecule has 100 valence electrons. The third-order valence-corrected chi connectivity index (χ3v) is 4.33. The van der Waals surface area contributed by atoms with Crippen molar-refractivity contribution >= 4 is 5.91 Å². The fraction of sp³-hybridized carbons (Fsp3) is 0.923. The molecule has 0 aliphatic carbocycles. The second-order valence-electron chi connectivity index (χ2n) is 5.33. The van der Waals surface area contributed by atoms with E-state index < -0.39 is 0 Å². The number of hydrogen-bond acceptors (Lipinski definition) is 3. The van der Waals surface area contributed by atoms with Crippen molar-refractivity contribution < 1.29 is 9.90 Å². The third kappa shape index (κ3) is 3.42. The Kier molecular flexibility index (Phi) is 5.40. The van der Waals surface area contributed by atoms with Crippen molar-refractivity contribution in [2.24, 2.45) is 17.3 Å². The minimum Gasteiger partial charge on any atom is -0.396 e. The molecule has 0 aromatic rings. The van der Waals surface area contributed by atoms with Crippen LogP contribution in [0.4, 0.5) is 0 Å². The Labute approximate surface area is 104 Å². The standard InChI is InChI=1S/C13H26N2O2/c1-4-13(5-2,9-16)8-15-12(17)11-7-14-6-10(11)3/h10-11,14,16H,4-9H2,1-3H3,(H,15,17)/t10-,11-/m1/s1. The Morgan fingerprint density at radius 3 is 2.47 bits per heavy atom. The van der Waals surface area contributed by atoms with Crippen molar-refractivity contribution in [3.05, 3.63) is 0 Å². The van der Waals surface area contributed by atoms with Gasteiger partial charge >= 0.3 is 0 Å². The van der Waals surface area contributed by atoms with Crippen molar-refractivity contribution in [1.29, 1.82) is 0 Å². The van der Waals surface area contributed by atoms with Gasteiger partial charge < -0.3 is 15.7 Å². The second kappa shape index (κ2) is 6.36. The normalized spacial score (nSPS) is 24.9. The molecule has 17 heavy (non-hydrogen) atoms. The first kappa shape index (κ1) is 14.5. The SMILES string of the molecule is CCC(CC)(CO)CNC(=O)[C@@H]1CNC[C@H]1C. The highest BCUT2D eigenvalue weighted by Gasteiger charge is 2.32. The first-order valence-corrected chi connectivity index (χ1v) is 6.68. The molecule has 0 bridgehead atoms. The van der Waals surface area contributed by atoms with Crippen LogP contribution in [0.2, 0.25) is 0 Å². The monoisotopic (exact) mass is 242 g/mol. The number of nitrogens with one attached hydrogen (secondary N) is 2. The van der Waals surface area contributed by atoms with Crippen molar-refractivity contribution in [1.82, 2.24) is 10.6 Å². The summed E-state index contributed by atoms with van der Waals surface area (Å²) in [4.78, 5) is 12.0. The molecule has 1 aliphatic heterocycles. The van der Waals surface area contributed by atoms with E-state index in [1.165, 1.54) is 0 Å². The van der Waals surface area contributed by atoms with Gasteiger partial charge in [-0.2, -0.15) is 0 Å². The van der Waals surface area contributed by atoms with E-state index in [-0.39, 0.29) is 23.8 Å². The number of amides is 1. The topological polar surface area (TPSA) is 61.4 Å². The van der Waals surface area contributed by atoms with E-state index in [1.807, 2.05) is 0 Å². The smallest absolute Gasteiger partial charge is 0.224 e. The number of hydrogen-bond donors (Lipinski definition) is 3. The molecular formula is C13H26N2O2. The Hall–Kier alpha value is -0.610. The molecule has 0 radical (unpaired) electrons. The average Bonchev–Trinajstić information content (AvgIpc) is 2.78. The fourth-order valence-corrected chi connectivity index (χ4v) is 2.35. The third-order valence-electron chi connectivity index (χ3n) is 4.33. The minimum atomic E-state index is -0.148. The lowest BCUT2D eigenvalue weighted by atomic mass is 9.83. The molecule has 0 unspecified atom stereocenters. The van der Waals surface area contributed by atoms with Crippen LogP contribution in [0.15, 0.2) is 0 Å². The molecule has 1 rings (SSSR count). The highest BCUT2D eigenvalue weighted by molar-refractivity contribution is 5.79. The van der Waals surface area contributed by atoms with Crippen LogP contribution in [0.1, 0.15) is 33.6 Å². The minimum absolute atomic E-state index is 0.0834. The van der Waals surface area contributed by atoms with Gasteiger partial charge in [-0.1, -0.05) is 20.8 Å². The maximum absolute atomic E-state index is 12.0. The van der Waals surface area contributed by atoms with Gasteiger partial charge in [-0.15, -0.1) is 0 Å². The van der Waals surface area contributed by atoms with Gasteiger partial charge in [0.2, 0.25) is 5.91 Å². The molecule has 1 aliphatic rings. The summed E-state index contributed by atoms with van der Waals surface area (Å²) in [5.74, 6) is 0.615. The van der Waals surface area contributed by atoms with Gasteiger partial charge in [-0.3, -0.25) is 4.79 Å². The molecule has 4 nitrogen and oxygen atoms in total. The first-order valence-electron chi connectivity index (χ1n) is 6.68. The van der Waals surface area contributed by atoms with E-state index in [2.05, 4.69) is 31.4 Å². The predicted molar refractivity (Wildman–Crippen MR) is 68.6 cm³/mol. The molecule has 0 saturated carbocycles. The summed E-state index contributed by atoms with van der Waals surface area (Å²) in [6.45, 7) is 8.64. The quantitative estimate of drug-likeness (QED) is 0.644. The van der Waals surface area contributed by atoms with Crippen LogP contribution in [-0.2, 0) is 4.79 Å². The van der Waals surface area contributed by atoms with Crippen LogP contribution in [0, 0.1) is 17.3 Å². The molecule has 0 aromatic heterocycles. The van der Waals surface area contributed by atoms with E-state index in [0.717, 1.165) is 25.9 Å². The van der Waals surface area contributed by atoms with Crippen LogP contribution in [0.3, 0.4) is 0 Å². The van der Waals surface area contributed by atoms with Gasteiger partial charge in [0.05, 0.1) is 12.5 Å². The Bertz CT molecular complexity index is 244. The zero-order valence-electron chi connectivity index (χ0n) is 11.3. The van der Waals surface area contributed by atoms with Crippen molar-refractivity contribution in [2.75, 3.05) is 26.2 Å². The highest BCUT2D eigenvalue weighted by Crippen LogP contribution is 2.25. The molecule has 1 heterocycles. The number of carbonyl (C=O) groups excluding carboxylic acids is 1. The van der Waals surface area contributed by atoms with Gasteiger partial charge in [0.1, 0.15) is 0 Å². The number of aliphatic hydroxyl groups is 1. The van der Waals surface area contributed by atoms with Crippen LogP contribution in [-0.4, -0.2) is 37.3 Å². The zero-order valence-corrected chi connectivity index (χ0v) is 11.3. The van der Waals surface area contributed by atoms with Gasteiger partial charge in [0.25, 0.3) is 0 Å².